The van der Waals surface area contributed by atoms with Crippen molar-refractivity contribution in [3.05, 3.63) is 12.1 Å². The van der Waals surface area contributed by atoms with Gasteiger partial charge in [0.15, 0.2) is 11.5 Å². The van der Waals surface area contributed by atoms with E-state index < -0.39 is 11.7 Å². The Labute approximate surface area is 111 Å². The molecule has 0 spiro atoms. The van der Waals surface area contributed by atoms with Crippen molar-refractivity contribution in [2.75, 3.05) is 33.3 Å². The van der Waals surface area contributed by atoms with E-state index in [1.54, 1.807) is 12.1 Å². The van der Waals surface area contributed by atoms with E-state index in [0.29, 0.717) is 22.9 Å². The Hall–Kier alpha value is -2.24. The molecule has 1 aromatic carbocycles. The zero-order valence-electron chi connectivity index (χ0n) is 11.6. The molecule has 0 aliphatic heterocycles. The van der Waals surface area contributed by atoms with Crippen molar-refractivity contribution in [2.45, 2.75) is 6.92 Å². The molecule has 0 aromatic heterocycles. The maximum atomic E-state index is 11.7. The fraction of sp³-hybridized carbons (Fsp3) is 0.385. The summed E-state index contributed by atoms with van der Waals surface area (Å²) in [5.41, 5.74) is 0.431. The van der Waals surface area contributed by atoms with Gasteiger partial charge in [-0.2, -0.15) is 0 Å². The second-order valence-corrected chi connectivity index (χ2v) is 3.80. The molecule has 0 fully saturated rings. The third-order valence-corrected chi connectivity index (χ3v) is 2.65. The molecule has 0 heterocycles. The van der Waals surface area contributed by atoms with Crippen LogP contribution < -0.4 is 19.1 Å². The van der Waals surface area contributed by atoms with Gasteiger partial charge in [0.25, 0.3) is 5.91 Å². The Kier molecular flexibility index (Phi) is 4.74. The number of ketones is 1. The quantitative estimate of drug-likeness (QED) is 0.751. The standard InChI is InChI=1S/C13H17NO5/c1-8(15)13(16)14(2)9-6-11(18-4)12(19-5)7-10(9)17-3/h6-7H,1-5H3. The van der Waals surface area contributed by atoms with Crippen LogP contribution >= 0.6 is 0 Å². The number of methoxy groups -OCH3 is 3. The monoisotopic (exact) mass is 267 g/mol. The predicted molar refractivity (Wildman–Crippen MR) is 70.2 cm³/mol. The molecular formula is C13H17NO5. The minimum atomic E-state index is -0.634. The molecule has 6 nitrogen and oxygen atoms in total. The van der Waals surface area contributed by atoms with Crippen LogP contribution in [0.5, 0.6) is 17.2 Å². The molecule has 0 atom stereocenters. The van der Waals surface area contributed by atoms with Gasteiger partial charge in [0.1, 0.15) is 5.75 Å². The van der Waals surface area contributed by atoms with Gasteiger partial charge in [0, 0.05) is 26.1 Å². The lowest BCUT2D eigenvalue weighted by atomic mass is 10.2. The summed E-state index contributed by atoms with van der Waals surface area (Å²) in [6.07, 6.45) is 0. The normalized spacial score (nSPS) is 9.74. The molecule has 0 N–H and O–H groups in total. The largest absolute Gasteiger partial charge is 0.494 e. The highest BCUT2D eigenvalue weighted by Gasteiger charge is 2.21. The van der Waals surface area contributed by atoms with Gasteiger partial charge in [-0.1, -0.05) is 0 Å². The molecule has 0 saturated heterocycles. The Morgan fingerprint density at radius 1 is 0.947 bits per heavy atom. The first-order valence-corrected chi connectivity index (χ1v) is 5.54. The number of rotatable bonds is 5. The van der Waals surface area contributed by atoms with Gasteiger partial charge in [-0.25, -0.2) is 0 Å². The topological polar surface area (TPSA) is 65.1 Å². The number of likely N-dealkylation sites (N-methyl/N-ethyl adjacent to an activating group) is 1. The van der Waals surface area contributed by atoms with Gasteiger partial charge in [0.05, 0.1) is 27.0 Å². The number of carbonyl (C=O) groups excluding carboxylic acids is 2. The summed E-state index contributed by atoms with van der Waals surface area (Å²) >= 11 is 0. The first-order valence-electron chi connectivity index (χ1n) is 5.54. The lowest BCUT2D eigenvalue weighted by Gasteiger charge is -2.20. The van der Waals surface area contributed by atoms with Gasteiger partial charge < -0.3 is 19.1 Å². The van der Waals surface area contributed by atoms with E-state index in [1.807, 2.05) is 0 Å². The molecule has 1 amide bonds. The third-order valence-electron chi connectivity index (χ3n) is 2.65. The van der Waals surface area contributed by atoms with Crippen LogP contribution in [-0.2, 0) is 9.59 Å². The molecule has 0 saturated carbocycles. The van der Waals surface area contributed by atoms with Crippen molar-refractivity contribution >= 4 is 17.4 Å². The second kappa shape index (κ2) is 6.08. The summed E-state index contributed by atoms with van der Waals surface area (Å²) in [7, 11) is 5.95. The van der Waals surface area contributed by atoms with Crippen molar-refractivity contribution in [1.82, 2.24) is 0 Å². The lowest BCUT2D eigenvalue weighted by Crippen LogP contribution is -2.31. The van der Waals surface area contributed by atoms with Crippen LogP contribution in [0.25, 0.3) is 0 Å². The number of nitrogens with zero attached hydrogens (tertiary/aromatic N) is 1. The average Bonchev–Trinajstić information content (AvgIpc) is 2.43. The van der Waals surface area contributed by atoms with Crippen LogP contribution in [0.2, 0.25) is 0 Å². The fourth-order valence-electron chi connectivity index (χ4n) is 1.62. The van der Waals surface area contributed by atoms with Crippen molar-refractivity contribution in [2.24, 2.45) is 0 Å². The van der Waals surface area contributed by atoms with Crippen LogP contribution in [0.15, 0.2) is 12.1 Å². The number of Topliss-reactive ketones (excluding diaryl/α,β-unsaturated/α-hetero) is 1. The van der Waals surface area contributed by atoms with E-state index in [0.717, 1.165) is 0 Å². The zero-order valence-corrected chi connectivity index (χ0v) is 11.6. The molecular weight excluding hydrogens is 250 g/mol. The number of hydrogen-bond donors (Lipinski definition) is 0. The first-order chi connectivity index (χ1) is 8.96. The summed E-state index contributed by atoms with van der Waals surface area (Å²) in [5.74, 6) is 0.146. The van der Waals surface area contributed by atoms with Gasteiger partial charge in [-0.15, -0.1) is 0 Å². The van der Waals surface area contributed by atoms with E-state index in [4.69, 9.17) is 14.2 Å². The molecule has 1 aromatic rings. The van der Waals surface area contributed by atoms with Gasteiger partial charge in [-0.3, -0.25) is 9.59 Å². The summed E-state index contributed by atoms with van der Waals surface area (Å²) in [6.45, 7) is 1.21. The molecule has 1 rings (SSSR count). The van der Waals surface area contributed by atoms with Gasteiger partial charge in [0.2, 0.25) is 5.78 Å². The van der Waals surface area contributed by atoms with Crippen LogP contribution in [0, 0.1) is 0 Å². The highest BCUT2D eigenvalue weighted by Crippen LogP contribution is 2.39. The highest BCUT2D eigenvalue weighted by molar-refractivity contribution is 6.40. The molecule has 0 bridgehead atoms. The number of benzene rings is 1. The smallest absolute Gasteiger partial charge is 0.293 e. The lowest BCUT2D eigenvalue weighted by molar-refractivity contribution is -0.134. The molecule has 104 valence electrons. The van der Waals surface area contributed by atoms with Crippen molar-refractivity contribution in [3.63, 3.8) is 0 Å². The van der Waals surface area contributed by atoms with Crippen LogP contribution in [0.3, 0.4) is 0 Å². The summed E-state index contributed by atoms with van der Waals surface area (Å²) in [5, 5.41) is 0. The first kappa shape index (κ1) is 14.8. The van der Waals surface area contributed by atoms with Crippen molar-refractivity contribution in [1.29, 1.82) is 0 Å². The maximum absolute atomic E-state index is 11.7. The summed E-state index contributed by atoms with van der Waals surface area (Å²) in [6, 6.07) is 3.18. The van der Waals surface area contributed by atoms with E-state index in [2.05, 4.69) is 0 Å². The fourth-order valence-corrected chi connectivity index (χ4v) is 1.62. The second-order valence-electron chi connectivity index (χ2n) is 3.80. The zero-order chi connectivity index (χ0) is 14.6. The Morgan fingerprint density at radius 3 is 1.84 bits per heavy atom. The predicted octanol–water partition coefficient (Wildman–Crippen LogP) is 1.26. The molecule has 6 heteroatoms. The molecule has 19 heavy (non-hydrogen) atoms. The molecule has 0 aliphatic carbocycles. The Morgan fingerprint density at radius 2 is 1.42 bits per heavy atom. The van der Waals surface area contributed by atoms with Gasteiger partial charge >= 0.3 is 0 Å². The number of amides is 1. The van der Waals surface area contributed by atoms with E-state index >= 15 is 0 Å². The van der Waals surface area contributed by atoms with Crippen molar-refractivity contribution in [3.8, 4) is 17.2 Å². The molecule has 0 radical (unpaired) electrons. The van der Waals surface area contributed by atoms with Crippen LogP contribution in [0.4, 0.5) is 5.69 Å². The number of hydrogen-bond acceptors (Lipinski definition) is 5. The van der Waals surface area contributed by atoms with Gasteiger partial charge in [-0.05, 0) is 0 Å². The third kappa shape index (κ3) is 2.96. The summed E-state index contributed by atoms with van der Waals surface area (Å²) < 4.78 is 15.5. The van der Waals surface area contributed by atoms with Crippen molar-refractivity contribution < 1.29 is 23.8 Å². The number of anilines is 1. The number of carbonyl (C=O) groups is 2. The van der Waals surface area contributed by atoms with E-state index in [9.17, 15) is 9.59 Å². The number of ether oxygens (including phenoxy) is 3. The van der Waals surface area contributed by atoms with E-state index in [1.165, 1.54) is 40.2 Å². The minimum absolute atomic E-state index is 0.412. The van der Waals surface area contributed by atoms with E-state index in [-0.39, 0.29) is 0 Å². The Balaban J connectivity index is 3.33. The molecule has 0 unspecified atom stereocenters. The van der Waals surface area contributed by atoms with Crippen LogP contribution in [-0.4, -0.2) is 40.1 Å². The van der Waals surface area contributed by atoms with Crippen LogP contribution in [0.1, 0.15) is 6.92 Å². The molecule has 0 aliphatic rings. The highest BCUT2D eigenvalue weighted by atomic mass is 16.5. The minimum Gasteiger partial charge on any atom is -0.494 e. The Bertz CT molecular complexity index is 498. The maximum Gasteiger partial charge on any atom is 0.293 e. The summed E-state index contributed by atoms with van der Waals surface area (Å²) in [4.78, 5) is 24.1. The average molecular weight is 267 g/mol. The SMILES string of the molecule is COc1cc(OC)c(N(C)C(=O)C(C)=O)cc1OC.